The molecular weight excluding hydrogens is 487 g/mol. The molecule has 0 amide bonds. The Morgan fingerprint density at radius 2 is 2.06 bits per heavy atom. The van der Waals surface area contributed by atoms with Crippen LogP contribution in [0.25, 0.3) is 27.7 Å². The number of aromatic nitrogens is 2. The van der Waals surface area contributed by atoms with Crippen molar-refractivity contribution in [2.24, 2.45) is 0 Å². The number of ether oxygens (including phenoxy) is 1. The molecule has 0 aliphatic carbocycles. The summed E-state index contributed by atoms with van der Waals surface area (Å²) in [6.07, 6.45) is 6.40. The molecule has 1 aromatic carbocycles. The van der Waals surface area contributed by atoms with Gasteiger partial charge in [-0.15, -0.1) is 0 Å². The number of carbonyl (C=O) groups is 1. The molecule has 0 spiro atoms. The quantitative estimate of drug-likeness (QED) is 0.483. The summed E-state index contributed by atoms with van der Waals surface area (Å²) in [5, 5.41) is 4.01. The van der Waals surface area contributed by atoms with E-state index < -0.39 is 21.8 Å². The third kappa shape index (κ3) is 4.49. The van der Waals surface area contributed by atoms with Gasteiger partial charge < -0.3 is 13.9 Å². The summed E-state index contributed by atoms with van der Waals surface area (Å²) in [6.45, 7) is 1.57. The molecular formula is C25H27FN4O5S. The van der Waals surface area contributed by atoms with Crippen molar-refractivity contribution >= 4 is 32.7 Å². The van der Waals surface area contributed by atoms with Gasteiger partial charge in [-0.25, -0.2) is 14.2 Å². The fourth-order valence-corrected chi connectivity index (χ4v) is 5.51. The molecule has 190 valence electrons. The van der Waals surface area contributed by atoms with Crippen LogP contribution in [0.1, 0.15) is 25.0 Å². The second-order valence-electron chi connectivity index (χ2n) is 9.04. The minimum Gasteiger partial charge on any atom is -0.496 e. The Hall–Kier alpha value is -3.28. The fourth-order valence-electron chi connectivity index (χ4n) is 5.09. The zero-order chi connectivity index (χ0) is 25.5. The first-order valence-electron chi connectivity index (χ1n) is 11.7. The predicted molar refractivity (Wildman–Crippen MR) is 133 cm³/mol. The molecule has 2 N–H and O–H groups in total. The number of hydrogen-bond acceptors (Lipinski definition) is 8. The van der Waals surface area contributed by atoms with Crippen LogP contribution in [0, 0.1) is 5.82 Å². The molecule has 2 aliphatic heterocycles. The molecule has 9 nitrogen and oxygen atoms in total. The average Bonchev–Trinajstić information content (AvgIpc) is 3.51. The van der Waals surface area contributed by atoms with Gasteiger partial charge in [0.15, 0.2) is 5.66 Å². The number of aromatic amines is 1. The van der Waals surface area contributed by atoms with Crippen molar-refractivity contribution in [3.8, 4) is 16.9 Å². The Morgan fingerprint density at radius 3 is 2.72 bits per heavy atom. The first kappa shape index (κ1) is 24.4. The van der Waals surface area contributed by atoms with E-state index >= 15 is 0 Å². The average molecular weight is 515 g/mol. The molecule has 36 heavy (non-hydrogen) atoms. The number of benzene rings is 1. The number of pyridine rings is 1. The second kappa shape index (κ2) is 9.30. The van der Waals surface area contributed by atoms with E-state index in [-0.39, 0.29) is 5.82 Å². The number of carbonyl (C=O) groups excluding carboxylic acids is 1. The molecule has 0 unspecified atom stereocenters. The van der Waals surface area contributed by atoms with E-state index in [1.165, 1.54) is 12.1 Å². The van der Waals surface area contributed by atoms with E-state index in [0.717, 1.165) is 34.9 Å². The maximum Gasteiger partial charge on any atom is 0.357 e. The van der Waals surface area contributed by atoms with Crippen molar-refractivity contribution in [2.45, 2.75) is 24.9 Å². The Balaban J connectivity index is 1.45. The smallest absolute Gasteiger partial charge is 0.357 e. The predicted octanol–water partition coefficient (Wildman–Crippen LogP) is 3.05. The zero-order valence-electron chi connectivity index (χ0n) is 20.0. The molecule has 5 rings (SSSR count). The topological polar surface area (TPSA) is 114 Å². The molecule has 2 aliphatic rings. The van der Waals surface area contributed by atoms with Crippen molar-refractivity contribution in [3.63, 3.8) is 0 Å². The Labute approximate surface area is 208 Å². The SMILES string of the molecule is COc1ccc(F)cc1-c1ccnc2[nH]c(C3=CCN([C@@]4(C(=O)OS(C)(=O)=O)CCCN4)CC3)cc12. The van der Waals surface area contributed by atoms with Crippen LogP contribution in [0.4, 0.5) is 4.39 Å². The molecule has 0 bridgehead atoms. The molecule has 0 saturated carbocycles. The van der Waals surface area contributed by atoms with Crippen molar-refractivity contribution in [2.75, 3.05) is 33.0 Å². The van der Waals surface area contributed by atoms with E-state index in [4.69, 9.17) is 8.92 Å². The van der Waals surface area contributed by atoms with Crippen molar-refractivity contribution in [1.82, 2.24) is 20.2 Å². The summed E-state index contributed by atoms with van der Waals surface area (Å²) in [4.78, 5) is 22.6. The van der Waals surface area contributed by atoms with Crippen LogP contribution in [0.15, 0.2) is 42.6 Å². The highest BCUT2D eigenvalue weighted by atomic mass is 32.2. The summed E-state index contributed by atoms with van der Waals surface area (Å²) in [7, 11) is -2.37. The summed E-state index contributed by atoms with van der Waals surface area (Å²) < 4.78 is 47.5. The van der Waals surface area contributed by atoms with Crippen LogP contribution in [0.3, 0.4) is 0 Å². The lowest BCUT2D eigenvalue weighted by Gasteiger charge is -2.40. The van der Waals surface area contributed by atoms with E-state index in [2.05, 4.69) is 15.3 Å². The minimum atomic E-state index is -3.92. The largest absolute Gasteiger partial charge is 0.496 e. The number of fused-ring (bicyclic) bond motifs is 1. The number of methoxy groups -OCH3 is 1. The number of H-pyrrole nitrogens is 1. The summed E-state index contributed by atoms with van der Waals surface area (Å²) in [5.74, 6) is -0.581. The molecule has 1 saturated heterocycles. The number of hydrogen-bond donors (Lipinski definition) is 2. The zero-order valence-corrected chi connectivity index (χ0v) is 20.8. The lowest BCUT2D eigenvalue weighted by molar-refractivity contribution is -0.149. The van der Waals surface area contributed by atoms with E-state index in [9.17, 15) is 17.6 Å². The van der Waals surface area contributed by atoms with Gasteiger partial charge in [0.25, 0.3) is 0 Å². The van der Waals surface area contributed by atoms with Crippen LogP contribution in [0.5, 0.6) is 5.75 Å². The van der Waals surface area contributed by atoms with E-state index in [1.54, 1.807) is 19.4 Å². The van der Waals surface area contributed by atoms with Crippen LogP contribution in [-0.2, 0) is 19.1 Å². The molecule has 2 aromatic heterocycles. The van der Waals surface area contributed by atoms with Gasteiger partial charge in [0.2, 0.25) is 0 Å². The van der Waals surface area contributed by atoms with E-state index in [1.807, 2.05) is 23.1 Å². The third-order valence-electron chi connectivity index (χ3n) is 6.78. The first-order chi connectivity index (χ1) is 17.2. The molecule has 3 aromatic rings. The Morgan fingerprint density at radius 1 is 1.22 bits per heavy atom. The summed E-state index contributed by atoms with van der Waals surface area (Å²) >= 11 is 0. The van der Waals surface area contributed by atoms with Gasteiger partial charge in [-0.05, 0) is 67.3 Å². The van der Waals surface area contributed by atoms with Crippen molar-refractivity contribution in [1.29, 1.82) is 0 Å². The monoisotopic (exact) mass is 514 g/mol. The summed E-state index contributed by atoms with van der Waals surface area (Å²) in [5.41, 5.74) is 2.88. The summed E-state index contributed by atoms with van der Waals surface area (Å²) in [6, 6.07) is 8.23. The second-order valence-corrected chi connectivity index (χ2v) is 10.6. The lowest BCUT2D eigenvalue weighted by Crippen LogP contribution is -2.62. The van der Waals surface area contributed by atoms with Crippen LogP contribution in [-0.4, -0.2) is 67.9 Å². The van der Waals surface area contributed by atoms with Crippen LogP contribution < -0.4 is 10.1 Å². The fraction of sp³-hybridized carbons (Fsp3) is 0.360. The molecule has 1 atom stereocenters. The normalized spacial score (nSPS) is 20.9. The molecule has 0 radical (unpaired) electrons. The highest BCUT2D eigenvalue weighted by Crippen LogP contribution is 2.37. The maximum atomic E-state index is 14.0. The minimum absolute atomic E-state index is 0.356. The lowest BCUT2D eigenvalue weighted by atomic mass is 9.98. The Kier molecular flexibility index (Phi) is 6.31. The first-order valence-corrected chi connectivity index (χ1v) is 13.5. The van der Waals surface area contributed by atoms with Gasteiger partial charge >= 0.3 is 16.1 Å². The number of nitrogens with zero attached hydrogens (tertiary/aromatic N) is 2. The number of nitrogens with one attached hydrogen (secondary N) is 2. The van der Waals surface area contributed by atoms with E-state index in [0.29, 0.717) is 49.4 Å². The molecule has 1 fully saturated rings. The van der Waals surface area contributed by atoms with Crippen molar-refractivity contribution in [3.05, 3.63) is 54.1 Å². The number of halogens is 1. The number of rotatable bonds is 6. The Bertz CT molecular complexity index is 1460. The van der Waals surface area contributed by atoms with Gasteiger partial charge in [0.05, 0.1) is 13.4 Å². The van der Waals surface area contributed by atoms with Gasteiger partial charge in [-0.1, -0.05) is 6.08 Å². The molecule has 4 heterocycles. The van der Waals surface area contributed by atoms with Crippen molar-refractivity contribution < 1.29 is 26.5 Å². The molecule has 11 heteroatoms. The maximum absolute atomic E-state index is 14.0. The van der Waals surface area contributed by atoms with Crippen LogP contribution >= 0.6 is 0 Å². The standard InChI is InChI=1S/C25H27FN4O5S/c1-34-22-5-4-17(26)14-19(22)18-6-11-27-23-20(18)15-21(29-23)16-7-12-30(13-8-16)25(9-3-10-28-25)24(31)35-36(2,32)33/h4-7,11,14-15,28H,3,8-10,12-13H2,1-2H3,(H,27,29)/t25-/m1/s1. The highest BCUT2D eigenvalue weighted by Gasteiger charge is 2.49. The highest BCUT2D eigenvalue weighted by molar-refractivity contribution is 7.86. The van der Waals surface area contributed by atoms with Gasteiger partial charge in [0, 0.05) is 35.9 Å². The third-order valence-corrected chi connectivity index (χ3v) is 7.23. The van der Waals surface area contributed by atoms with Gasteiger partial charge in [-0.2, -0.15) is 8.42 Å². The van der Waals surface area contributed by atoms with Gasteiger partial charge in [-0.3, -0.25) is 10.2 Å². The van der Waals surface area contributed by atoms with Crippen LogP contribution in [0.2, 0.25) is 0 Å². The van der Waals surface area contributed by atoms with Gasteiger partial charge in [0.1, 0.15) is 17.2 Å².